The molecule has 0 amide bonds. The Hall–Kier alpha value is -0.590. The van der Waals surface area contributed by atoms with E-state index in [4.69, 9.17) is 4.74 Å². The van der Waals surface area contributed by atoms with Crippen LogP contribution in [0.4, 0.5) is 0 Å². The van der Waals surface area contributed by atoms with Crippen molar-refractivity contribution in [2.75, 3.05) is 0 Å². The fraction of sp³-hybridized carbons (Fsp3) is 0.929. The molecule has 1 saturated heterocycles. The van der Waals surface area contributed by atoms with Crippen molar-refractivity contribution in [3.8, 4) is 6.07 Å². The van der Waals surface area contributed by atoms with E-state index in [2.05, 4.69) is 25.2 Å². The molecule has 0 aromatic rings. The Kier molecular flexibility index (Phi) is 4.06. The number of nitrogens with zero attached hydrogens (tertiary/aromatic N) is 1. The molecule has 1 heterocycles. The van der Waals surface area contributed by atoms with Crippen LogP contribution in [0, 0.1) is 11.3 Å². The number of hydrogen-bond acceptors (Lipinski definition) is 3. The molecule has 2 unspecified atom stereocenters. The Morgan fingerprint density at radius 1 is 1.12 bits per heavy atom. The molecule has 96 valence electrons. The van der Waals surface area contributed by atoms with Crippen molar-refractivity contribution in [3.05, 3.63) is 0 Å². The fourth-order valence-corrected chi connectivity index (χ4v) is 3.44. The molecule has 2 atom stereocenters. The lowest BCUT2D eigenvalue weighted by Gasteiger charge is -2.41. The summed E-state index contributed by atoms with van der Waals surface area (Å²) in [6, 6.07) is 3.08. The van der Waals surface area contributed by atoms with Crippen LogP contribution in [0.1, 0.15) is 58.8 Å². The first-order valence-corrected chi connectivity index (χ1v) is 6.98. The molecule has 1 aliphatic heterocycles. The fourth-order valence-electron chi connectivity index (χ4n) is 3.44. The van der Waals surface area contributed by atoms with Crippen LogP contribution >= 0.6 is 0 Å². The van der Waals surface area contributed by atoms with Gasteiger partial charge < -0.3 is 4.74 Å². The largest absolute Gasteiger partial charge is 0.375 e. The van der Waals surface area contributed by atoms with Crippen LogP contribution in [0.3, 0.4) is 0 Å². The maximum absolute atomic E-state index is 9.54. The highest BCUT2D eigenvalue weighted by molar-refractivity contribution is 5.11. The molecule has 2 aliphatic rings. The van der Waals surface area contributed by atoms with Crippen molar-refractivity contribution in [3.63, 3.8) is 0 Å². The Bertz CT molecular complexity index is 281. The number of nitriles is 1. The first-order chi connectivity index (χ1) is 8.13. The summed E-state index contributed by atoms with van der Waals surface area (Å²) in [4.78, 5) is 0. The molecule has 0 radical (unpaired) electrons. The van der Waals surface area contributed by atoms with Gasteiger partial charge in [-0.15, -0.1) is 0 Å². The second-order valence-corrected chi connectivity index (χ2v) is 5.84. The molecule has 17 heavy (non-hydrogen) atoms. The van der Waals surface area contributed by atoms with Crippen LogP contribution in [-0.2, 0) is 4.74 Å². The minimum Gasteiger partial charge on any atom is -0.375 e. The van der Waals surface area contributed by atoms with Gasteiger partial charge in [0.1, 0.15) is 5.54 Å². The summed E-state index contributed by atoms with van der Waals surface area (Å²) < 4.78 is 5.74. The Morgan fingerprint density at radius 2 is 1.71 bits per heavy atom. The lowest BCUT2D eigenvalue weighted by atomic mass is 9.83. The van der Waals surface area contributed by atoms with Gasteiger partial charge in [-0.2, -0.15) is 5.26 Å². The molecular weight excluding hydrogens is 212 g/mol. The molecule has 2 fully saturated rings. The maximum atomic E-state index is 9.54. The predicted molar refractivity (Wildman–Crippen MR) is 67.6 cm³/mol. The summed E-state index contributed by atoms with van der Waals surface area (Å²) in [5, 5.41) is 13.2. The molecule has 1 aliphatic carbocycles. The average molecular weight is 236 g/mol. The smallest absolute Gasteiger partial charge is 0.111 e. The van der Waals surface area contributed by atoms with Crippen molar-refractivity contribution in [2.24, 2.45) is 0 Å². The highest BCUT2D eigenvalue weighted by Crippen LogP contribution is 2.30. The van der Waals surface area contributed by atoms with Crippen molar-refractivity contribution in [1.29, 1.82) is 5.26 Å². The van der Waals surface area contributed by atoms with E-state index < -0.39 is 0 Å². The Labute approximate surface area is 105 Å². The lowest BCUT2D eigenvalue weighted by Crippen LogP contribution is -2.56. The van der Waals surface area contributed by atoms with E-state index in [1.54, 1.807) is 0 Å². The van der Waals surface area contributed by atoms with Gasteiger partial charge >= 0.3 is 0 Å². The Morgan fingerprint density at radius 3 is 2.24 bits per heavy atom. The third-order valence-electron chi connectivity index (χ3n) is 4.04. The zero-order valence-electron chi connectivity index (χ0n) is 11.0. The summed E-state index contributed by atoms with van der Waals surface area (Å²) in [5.74, 6) is 0. The van der Waals surface area contributed by atoms with Gasteiger partial charge in [0.25, 0.3) is 0 Å². The zero-order valence-corrected chi connectivity index (χ0v) is 11.0. The van der Waals surface area contributed by atoms with Crippen LogP contribution < -0.4 is 5.32 Å². The van der Waals surface area contributed by atoms with Crippen molar-refractivity contribution in [1.82, 2.24) is 5.32 Å². The number of rotatable bonds is 2. The van der Waals surface area contributed by atoms with Crippen LogP contribution in [0.5, 0.6) is 0 Å². The monoisotopic (exact) mass is 236 g/mol. The number of ether oxygens (including phenoxy) is 1. The summed E-state index contributed by atoms with van der Waals surface area (Å²) in [6.07, 6.45) is 8.45. The van der Waals surface area contributed by atoms with Gasteiger partial charge in [-0.3, -0.25) is 5.32 Å². The molecule has 2 rings (SSSR count). The van der Waals surface area contributed by atoms with E-state index >= 15 is 0 Å². The van der Waals surface area contributed by atoms with E-state index in [0.717, 1.165) is 12.8 Å². The minimum absolute atomic E-state index is 0.189. The second-order valence-electron chi connectivity index (χ2n) is 5.84. The van der Waals surface area contributed by atoms with Crippen molar-refractivity contribution >= 4 is 0 Å². The van der Waals surface area contributed by atoms with Gasteiger partial charge in [0, 0.05) is 18.9 Å². The molecule has 1 saturated carbocycles. The molecule has 0 bridgehead atoms. The summed E-state index contributed by atoms with van der Waals surface area (Å²) in [5.41, 5.74) is -0.348. The number of nitrogens with one attached hydrogen (secondary N) is 1. The van der Waals surface area contributed by atoms with Gasteiger partial charge in [0.15, 0.2) is 0 Å². The van der Waals surface area contributed by atoms with Gasteiger partial charge in [0.2, 0.25) is 0 Å². The van der Waals surface area contributed by atoms with Crippen LogP contribution in [-0.4, -0.2) is 23.8 Å². The topological polar surface area (TPSA) is 45.0 Å². The van der Waals surface area contributed by atoms with E-state index in [-0.39, 0.29) is 17.7 Å². The van der Waals surface area contributed by atoms with Crippen molar-refractivity contribution in [2.45, 2.75) is 82.6 Å². The zero-order chi connectivity index (χ0) is 12.3. The molecule has 3 nitrogen and oxygen atoms in total. The lowest BCUT2D eigenvalue weighted by molar-refractivity contribution is -0.0590. The predicted octanol–water partition coefficient (Wildman–Crippen LogP) is 2.76. The van der Waals surface area contributed by atoms with Gasteiger partial charge in [-0.1, -0.05) is 19.3 Å². The van der Waals surface area contributed by atoms with Gasteiger partial charge in [0.05, 0.1) is 18.3 Å². The molecule has 1 N–H and O–H groups in total. The molecule has 0 aromatic heterocycles. The highest BCUT2D eigenvalue weighted by atomic mass is 16.5. The average Bonchev–Trinajstić information content (AvgIpc) is 2.29. The third-order valence-corrected chi connectivity index (χ3v) is 4.04. The third kappa shape index (κ3) is 3.20. The molecule has 0 aromatic carbocycles. The first-order valence-electron chi connectivity index (χ1n) is 6.98. The summed E-state index contributed by atoms with van der Waals surface area (Å²) >= 11 is 0. The molecule has 0 spiro atoms. The van der Waals surface area contributed by atoms with Crippen LogP contribution in [0.25, 0.3) is 0 Å². The normalized spacial score (nSPS) is 39.8. The van der Waals surface area contributed by atoms with Crippen molar-refractivity contribution < 1.29 is 4.74 Å². The van der Waals surface area contributed by atoms with E-state index in [9.17, 15) is 5.26 Å². The quantitative estimate of drug-likeness (QED) is 0.802. The summed E-state index contributed by atoms with van der Waals surface area (Å²) in [6.45, 7) is 4.15. The van der Waals surface area contributed by atoms with E-state index in [1.807, 2.05) is 0 Å². The molecular formula is C14H24N2O. The van der Waals surface area contributed by atoms with E-state index in [0.29, 0.717) is 6.04 Å². The van der Waals surface area contributed by atoms with Gasteiger partial charge in [-0.05, 0) is 26.7 Å². The second kappa shape index (κ2) is 5.37. The standard InChI is InChI=1S/C14H24N2O/c1-11-8-14(10-15,9-12(2)17-11)16-13-6-4-3-5-7-13/h11-13,16H,3-9H2,1-2H3. The number of hydrogen-bond donors (Lipinski definition) is 1. The van der Waals surface area contributed by atoms with Gasteiger partial charge in [-0.25, -0.2) is 0 Å². The SMILES string of the molecule is CC1CC(C#N)(NC2CCCCC2)CC(C)O1. The maximum Gasteiger partial charge on any atom is 0.111 e. The summed E-state index contributed by atoms with van der Waals surface area (Å²) in [7, 11) is 0. The van der Waals surface area contributed by atoms with Crippen LogP contribution in [0.15, 0.2) is 0 Å². The highest BCUT2D eigenvalue weighted by Gasteiger charge is 2.40. The minimum atomic E-state index is -0.348. The Balaban J connectivity index is 2.00. The molecule has 3 heteroatoms. The first kappa shape index (κ1) is 12.9. The van der Waals surface area contributed by atoms with Crippen LogP contribution in [0.2, 0.25) is 0 Å². The van der Waals surface area contributed by atoms with E-state index in [1.165, 1.54) is 32.1 Å².